The lowest BCUT2D eigenvalue weighted by atomic mass is 9.80. The lowest BCUT2D eigenvalue weighted by Gasteiger charge is -2.28. The molecule has 2 aromatic carbocycles. The summed E-state index contributed by atoms with van der Waals surface area (Å²) in [6.07, 6.45) is 33.8. The summed E-state index contributed by atoms with van der Waals surface area (Å²) in [7, 11) is 0. The Morgan fingerprint density at radius 2 is 0.836 bits per heavy atom. The van der Waals surface area contributed by atoms with Gasteiger partial charge >= 0.3 is 0 Å². The molecule has 0 bridgehead atoms. The number of hydrogen-bond donors (Lipinski definition) is 0. The third kappa shape index (κ3) is 15.0. The first kappa shape index (κ1) is 49.3. The molecule has 4 aromatic rings. The average molecular weight is 915 g/mol. The molecule has 2 aromatic heterocycles. The summed E-state index contributed by atoms with van der Waals surface area (Å²) in [5.74, 6) is 7.44. The van der Waals surface area contributed by atoms with Crippen LogP contribution in [0.2, 0.25) is 0 Å². The molecule has 364 valence electrons. The number of nitrogens with zero attached hydrogens (tertiary/aromatic N) is 4. The molecule has 0 amide bonds. The maximum atomic E-state index is 6.79. The fourth-order valence-corrected chi connectivity index (χ4v) is 10.7. The van der Waals surface area contributed by atoms with E-state index in [0.29, 0.717) is 47.8 Å². The van der Waals surface area contributed by atoms with Gasteiger partial charge in [0.15, 0.2) is 23.1 Å². The zero-order chi connectivity index (χ0) is 46.2. The van der Waals surface area contributed by atoms with Gasteiger partial charge in [-0.15, -0.1) is 0 Å². The molecular weight excluding hydrogens is 833 g/mol. The standard InChI is InChI=1S/C58H82N4O5/c1-5-9-13-15-41-19-23-43(24-20-41)39-63-47-31-27-45(28-32-47)57-59-37-55(49(61-57)35-53-51(65-53)17-11-7-3)67-56-38-60-58(62-50(56)36-54-52(66-54)18-12-8-4)46-29-33-48(34-30-46)64-40-44-25-21-42(22-26-44)16-14-10-6-2/h27-34,37-38,41-44,51-54H,5-26,35-36,39-40H2,1-4H3/t41?,42?,43?,44?,51-,52-,53-,54-/m0/s1. The van der Waals surface area contributed by atoms with Gasteiger partial charge in [-0.25, -0.2) is 19.9 Å². The van der Waals surface area contributed by atoms with E-state index >= 15 is 0 Å². The second-order valence-electron chi connectivity index (χ2n) is 20.7. The van der Waals surface area contributed by atoms with Gasteiger partial charge in [0.2, 0.25) is 0 Å². The Hall–Kier alpha value is -4.08. The van der Waals surface area contributed by atoms with E-state index in [4.69, 9.17) is 43.6 Å². The molecule has 4 atom stereocenters. The summed E-state index contributed by atoms with van der Waals surface area (Å²) in [5, 5.41) is 0. The van der Waals surface area contributed by atoms with Crippen LogP contribution in [0.3, 0.4) is 0 Å². The van der Waals surface area contributed by atoms with Crippen LogP contribution >= 0.6 is 0 Å². The molecule has 4 fully saturated rings. The average Bonchev–Trinajstić information content (AvgIpc) is 4.30. The maximum absolute atomic E-state index is 6.79. The van der Waals surface area contributed by atoms with E-state index in [2.05, 4.69) is 76.2 Å². The first-order valence-corrected chi connectivity index (χ1v) is 27.1. The molecule has 2 aliphatic carbocycles. The molecule has 4 aliphatic rings. The minimum Gasteiger partial charge on any atom is -0.493 e. The molecule has 0 radical (unpaired) electrons. The van der Waals surface area contributed by atoms with Crippen LogP contribution in [0.4, 0.5) is 0 Å². The molecule has 0 spiro atoms. The minimum atomic E-state index is 0.110. The smallest absolute Gasteiger partial charge is 0.167 e. The highest BCUT2D eigenvalue weighted by atomic mass is 16.6. The fraction of sp³-hybridized carbons (Fsp3) is 0.655. The van der Waals surface area contributed by atoms with Crippen molar-refractivity contribution >= 4 is 0 Å². The number of aromatic nitrogens is 4. The first-order valence-electron chi connectivity index (χ1n) is 27.1. The lowest BCUT2D eigenvalue weighted by Crippen LogP contribution is -2.20. The largest absolute Gasteiger partial charge is 0.493 e. The minimum absolute atomic E-state index is 0.110. The topological polar surface area (TPSA) is 104 Å². The third-order valence-electron chi connectivity index (χ3n) is 15.3. The van der Waals surface area contributed by atoms with Crippen LogP contribution in [-0.4, -0.2) is 57.6 Å². The van der Waals surface area contributed by atoms with E-state index in [1.54, 1.807) is 0 Å². The van der Waals surface area contributed by atoms with Gasteiger partial charge in [0, 0.05) is 24.0 Å². The molecule has 0 N–H and O–H groups in total. The Morgan fingerprint density at radius 1 is 0.448 bits per heavy atom. The zero-order valence-corrected chi connectivity index (χ0v) is 41.6. The Balaban J connectivity index is 0.935. The summed E-state index contributed by atoms with van der Waals surface area (Å²) >= 11 is 0. The van der Waals surface area contributed by atoms with Crippen molar-refractivity contribution in [2.45, 2.75) is 206 Å². The lowest BCUT2D eigenvalue weighted by molar-refractivity contribution is 0.177. The second kappa shape index (κ2) is 25.5. The van der Waals surface area contributed by atoms with Crippen LogP contribution in [0.5, 0.6) is 23.0 Å². The zero-order valence-electron chi connectivity index (χ0n) is 41.6. The second-order valence-corrected chi connectivity index (χ2v) is 20.7. The van der Waals surface area contributed by atoms with Crippen LogP contribution in [0, 0.1) is 23.7 Å². The van der Waals surface area contributed by atoms with Gasteiger partial charge in [0.05, 0.1) is 61.4 Å². The van der Waals surface area contributed by atoms with Gasteiger partial charge in [-0.1, -0.05) is 130 Å². The Morgan fingerprint density at radius 3 is 1.22 bits per heavy atom. The Labute approximate surface area is 403 Å². The Bertz CT molecular complexity index is 1920. The van der Waals surface area contributed by atoms with Crippen molar-refractivity contribution in [3.8, 4) is 45.8 Å². The predicted octanol–water partition coefficient (Wildman–Crippen LogP) is 14.9. The van der Waals surface area contributed by atoms with Gasteiger partial charge in [-0.3, -0.25) is 0 Å². The number of benzene rings is 2. The molecular formula is C58H82N4O5. The maximum Gasteiger partial charge on any atom is 0.167 e. The molecule has 9 nitrogen and oxygen atoms in total. The van der Waals surface area contributed by atoms with Gasteiger partial charge in [0.1, 0.15) is 11.5 Å². The van der Waals surface area contributed by atoms with Crippen molar-refractivity contribution < 1.29 is 23.7 Å². The molecule has 0 unspecified atom stereocenters. The van der Waals surface area contributed by atoms with Crippen molar-refractivity contribution in [1.82, 2.24) is 19.9 Å². The number of ether oxygens (including phenoxy) is 5. The number of unbranched alkanes of at least 4 members (excludes halogenated alkanes) is 6. The van der Waals surface area contributed by atoms with Gasteiger partial charge in [0.25, 0.3) is 0 Å². The summed E-state index contributed by atoms with van der Waals surface area (Å²) in [4.78, 5) is 20.1. The summed E-state index contributed by atoms with van der Waals surface area (Å²) in [5.41, 5.74) is 3.55. The summed E-state index contributed by atoms with van der Waals surface area (Å²) < 4.78 is 31.8. The van der Waals surface area contributed by atoms with Crippen LogP contribution < -0.4 is 14.2 Å². The first-order chi connectivity index (χ1) is 33.0. The normalized spacial score (nSPS) is 24.6. The van der Waals surface area contributed by atoms with Crippen LogP contribution in [0.15, 0.2) is 60.9 Å². The van der Waals surface area contributed by atoms with Crippen LogP contribution in [0.1, 0.15) is 180 Å². The fourth-order valence-electron chi connectivity index (χ4n) is 10.7. The summed E-state index contributed by atoms with van der Waals surface area (Å²) in [6, 6.07) is 16.5. The van der Waals surface area contributed by atoms with E-state index < -0.39 is 0 Å². The van der Waals surface area contributed by atoms with Crippen molar-refractivity contribution in [2.75, 3.05) is 13.2 Å². The molecule has 2 saturated carbocycles. The van der Waals surface area contributed by atoms with E-state index in [1.807, 2.05) is 12.4 Å². The quantitative estimate of drug-likeness (QED) is 0.0407. The molecule has 67 heavy (non-hydrogen) atoms. The van der Waals surface area contributed by atoms with E-state index in [0.717, 1.165) is 97.6 Å². The van der Waals surface area contributed by atoms with E-state index in [-0.39, 0.29) is 24.4 Å². The van der Waals surface area contributed by atoms with Gasteiger partial charge in [-0.05, 0) is 111 Å². The van der Waals surface area contributed by atoms with Crippen LogP contribution in [0.25, 0.3) is 22.8 Å². The highest BCUT2D eigenvalue weighted by Gasteiger charge is 2.40. The monoisotopic (exact) mass is 915 g/mol. The van der Waals surface area contributed by atoms with Crippen molar-refractivity contribution in [3.63, 3.8) is 0 Å². The molecule has 9 heteroatoms. The van der Waals surface area contributed by atoms with E-state index in [1.165, 1.54) is 103 Å². The number of hydrogen-bond acceptors (Lipinski definition) is 9. The van der Waals surface area contributed by atoms with Crippen molar-refractivity contribution in [1.29, 1.82) is 0 Å². The number of rotatable bonds is 28. The third-order valence-corrected chi connectivity index (χ3v) is 15.3. The number of epoxide rings is 2. The SMILES string of the molecule is CCCCCC1CCC(COc2ccc(-c3ncc(Oc4cnc(-c5ccc(OCC6CCC(CCCCC)CC6)cc5)nc4C[C@@H]4O[C@H]4CCCC)c(C[C@@H]4O[C@H]4CCCC)n3)cc2)CC1. The van der Waals surface area contributed by atoms with Crippen molar-refractivity contribution in [2.24, 2.45) is 23.7 Å². The predicted molar refractivity (Wildman–Crippen MR) is 269 cm³/mol. The molecule has 8 rings (SSSR count). The molecule has 4 heterocycles. The molecule has 2 aliphatic heterocycles. The van der Waals surface area contributed by atoms with Crippen LogP contribution in [-0.2, 0) is 22.3 Å². The van der Waals surface area contributed by atoms with Crippen molar-refractivity contribution in [3.05, 3.63) is 72.3 Å². The summed E-state index contributed by atoms with van der Waals surface area (Å²) in [6.45, 7) is 10.6. The van der Waals surface area contributed by atoms with Gasteiger partial charge in [-0.2, -0.15) is 0 Å². The Kier molecular flexibility index (Phi) is 18.8. The highest BCUT2D eigenvalue weighted by Crippen LogP contribution is 2.39. The van der Waals surface area contributed by atoms with Gasteiger partial charge < -0.3 is 23.7 Å². The molecule has 2 saturated heterocycles. The highest BCUT2D eigenvalue weighted by molar-refractivity contribution is 5.58. The van der Waals surface area contributed by atoms with E-state index in [9.17, 15) is 0 Å².